The summed E-state index contributed by atoms with van der Waals surface area (Å²) in [5, 5.41) is 9.30. The van der Waals surface area contributed by atoms with E-state index in [4.69, 9.17) is 28.7 Å². The highest BCUT2D eigenvalue weighted by molar-refractivity contribution is 7.91. The summed E-state index contributed by atoms with van der Waals surface area (Å²) in [7, 11) is -5.82. The molecule has 4 aliphatic rings. The fourth-order valence-electron chi connectivity index (χ4n) is 8.66. The van der Waals surface area contributed by atoms with Crippen LogP contribution in [0.15, 0.2) is 110 Å². The minimum Gasteiger partial charge on any atom is -0.384 e. The number of sulfone groups is 1. The SMILES string of the molecule is CC(=O)N1CCC(c2ccc(N)nc2)CC1.CS(=O)(=O)N1CCC(c2ccc(N)nc2)CC1.Nc1ccc(-c2cn[nH]c2)cn1.Nc1ccc(C2=CC(=O)NCC2)cn1.Nc1ccc(C2CCS(=O)(=O)CC2)cn1. The maximum atomic E-state index is 11.4. The van der Waals surface area contributed by atoms with E-state index in [-0.39, 0.29) is 11.8 Å². The van der Waals surface area contributed by atoms with Gasteiger partial charge in [0.05, 0.1) is 24.0 Å². The molecule has 6 aromatic heterocycles. The molecule has 0 unspecified atom stereocenters. The number of nitrogen functional groups attached to an aromatic ring is 5. The van der Waals surface area contributed by atoms with Gasteiger partial charge in [0.25, 0.3) is 0 Å². The van der Waals surface area contributed by atoms with E-state index >= 15 is 0 Å². The molecule has 2 amide bonds. The van der Waals surface area contributed by atoms with Crippen LogP contribution in [-0.4, -0.2) is 123 Å². The Morgan fingerprint density at radius 1 is 0.595 bits per heavy atom. The van der Waals surface area contributed by atoms with E-state index in [1.807, 2.05) is 53.7 Å². The van der Waals surface area contributed by atoms with Crippen LogP contribution in [0.5, 0.6) is 0 Å². The first-order chi connectivity index (χ1) is 35.3. The van der Waals surface area contributed by atoms with Crippen molar-refractivity contribution < 1.29 is 26.4 Å². The molecule has 0 aromatic carbocycles. The van der Waals surface area contributed by atoms with Crippen molar-refractivity contribution >= 4 is 66.3 Å². The van der Waals surface area contributed by atoms with Crippen LogP contribution < -0.4 is 34.0 Å². The van der Waals surface area contributed by atoms with Gasteiger partial charge >= 0.3 is 0 Å². The molecule has 394 valence electrons. The van der Waals surface area contributed by atoms with Gasteiger partial charge in [0.2, 0.25) is 21.8 Å². The summed E-state index contributed by atoms with van der Waals surface area (Å²) in [5.74, 6) is 4.55. The number of pyridine rings is 5. The lowest BCUT2D eigenvalue weighted by molar-refractivity contribution is -0.129. The quantitative estimate of drug-likeness (QED) is 0.118. The standard InChI is InChI=1S/C12H17N3O.C11H17N3O2S.C10H11N3O.C10H14N2O2S.C8H8N4/c1-9(16)15-6-4-10(5-7-15)11-2-3-12(13)14-8-11;1-17(15,16)14-6-4-9(5-7-14)10-2-3-11(12)13-8-10;11-9-2-1-8(6-13-9)7-3-4-12-10(14)5-7;11-10-2-1-9(7-12-10)8-3-5-15(13,14)6-4-8;9-8-2-1-6(3-10-8)7-4-11-12-5-7/h2-3,8,10H,4-7H2,1H3,(H2,13,14);2-3,8-9H,4-7H2,1H3,(H2,12,13);1-2,5-6H,3-4H2,(H2,11,13)(H,12,14);1-2,7-8H,3-6H2,(H2,11,12);1-5H,(H2,9,10)(H,11,12). The number of hydrogen-bond donors (Lipinski definition) is 7. The van der Waals surface area contributed by atoms with Crippen LogP contribution >= 0.6 is 0 Å². The second-order valence-corrected chi connectivity index (χ2v) is 22.6. The first kappa shape index (κ1) is 55.8. The van der Waals surface area contributed by atoms with E-state index in [1.165, 1.54) is 16.1 Å². The van der Waals surface area contributed by atoms with Crippen LogP contribution in [0.1, 0.15) is 91.9 Å². The Morgan fingerprint density at radius 3 is 1.41 bits per heavy atom. The van der Waals surface area contributed by atoms with Gasteiger partial charge in [0.1, 0.15) is 38.9 Å². The molecule has 23 heteroatoms. The molecule has 3 fully saturated rings. The Bertz CT molecular complexity index is 2950. The summed E-state index contributed by atoms with van der Waals surface area (Å²) in [4.78, 5) is 44.3. The van der Waals surface area contributed by atoms with Gasteiger partial charge in [-0.05, 0) is 133 Å². The van der Waals surface area contributed by atoms with Crippen molar-refractivity contribution in [1.29, 1.82) is 0 Å². The molecule has 10 heterocycles. The Kier molecular flexibility index (Phi) is 19.9. The Morgan fingerprint density at radius 2 is 1.03 bits per heavy atom. The number of rotatable bonds is 6. The molecule has 0 aliphatic carbocycles. The lowest BCUT2D eigenvalue weighted by Crippen LogP contribution is -2.37. The Balaban J connectivity index is 0.000000151. The van der Waals surface area contributed by atoms with Crippen LogP contribution in [0.25, 0.3) is 16.7 Å². The number of nitrogens with zero attached hydrogens (tertiary/aromatic N) is 8. The molecule has 6 aromatic rings. The van der Waals surface area contributed by atoms with Crippen molar-refractivity contribution in [3.63, 3.8) is 0 Å². The van der Waals surface area contributed by atoms with Gasteiger partial charge in [-0.15, -0.1) is 0 Å². The van der Waals surface area contributed by atoms with Gasteiger partial charge in [0.15, 0.2) is 0 Å². The summed E-state index contributed by atoms with van der Waals surface area (Å²) in [5.41, 5.74) is 35.0. The number of piperidine rings is 2. The number of carbonyl (C=O) groups is 2. The molecule has 3 saturated heterocycles. The number of carbonyl (C=O) groups excluding carboxylic acids is 2. The summed E-state index contributed by atoms with van der Waals surface area (Å²) >= 11 is 0. The van der Waals surface area contributed by atoms with Crippen LogP contribution in [-0.2, 0) is 29.4 Å². The smallest absolute Gasteiger partial charge is 0.244 e. The van der Waals surface area contributed by atoms with Crippen LogP contribution in [0.2, 0.25) is 0 Å². The Hall–Kier alpha value is -7.50. The molecule has 0 atom stereocenters. The number of likely N-dealkylation sites (tertiary alicyclic amines) is 1. The molecule has 0 spiro atoms. The fraction of sp³-hybridized carbons (Fsp3) is 0.373. The molecular weight excluding hydrogens is 983 g/mol. The molecule has 0 bridgehead atoms. The first-order valence-corrected chi connectivity index (χ1v) is 27.9. The molecule has 0 radical (unpaired) electrons. The summed E-state index contributed by atoms with van der Waals surface area (Å²) in [6.45, 7) is 5.21. The van der Waals surface area contributed by atoms with E-state index in [1.54, 1.807) is 68.2 Å². The number of anilines is 5. The topological polar surface area (TPSA) is 344 Å². The van der Waals surface area contributed by atoms with E-state index in [9.17, 15) is 26.4 Å². The van der Waals surface area contributed by atoms with Crippen molar-refractivity contribution in [2.24, 2.45) is 0 Å². The number of sulfonamides is 1. The normalized spacial score (nSPS) is 17.2. The molecular formula is C51H67N15O6S2. The predicted molar refractivity (Wildman–Crippen MR) is 290 cm³/mol. The fourth-order valence-corrected chi connectivity index (χ4v) is 11.0. The molecule has 74 heavy (non-hydrogen) atoms. The van der Waals surface area contributed by atoms with E-state index in [0.29, 0.717) is 90.8 Å². The third kappa shape index (κ3) is 17.6. The number of hydrogen-bond acceptors (Lipinski definition) is 17. The number of aromatic amines is 1. The van der Waals surface area contributed by atoms with Gasteiger partial charge < -0.3 is 38.9 Å². The minimum atomic E-state index is -3.04. The highest BCUT2D eigenvalue weighted by Gasteiger charge is 2.27. The monoisotopic (exact) mass is 1050 g/mol. The van der Waals surface area contributed by atoms with Crippen molar-refractivity contribution in [3.05, 3.63) is 132 Å². The zero-order chi connectivity index (χ0) is 53.3. The highest BCUT2D eigenvalue weighted by Crippen LogP contribution is 2.31. The van der Waals surface area contributed by atoms with Gasteiger partial charge in [-0.3, -0.25) is 14.7 Å². The Labute approximate surface area is 432 Å². The summed E-state index contributed by atoms with van der Waals surface area (Å²) in [6, 6.07) is 18.6. The molecule has 0 saturated carbocycles. The van der Waals surface area contributed by atoms with Crippen molar-refractivity contribution in [2.45, 2.75) is 69.6 Å². The van der Waals surface area contributed by atoms with Crippen molar-refractivity contribution in [1.82, 2.24) is 49.6 Å². The summed E-state index contributed by atoms with van der Waals surface area (Å²) in [6.07, 6.45) is 21.2. The average molecular weight is 1050 g/mol. The van der Waals surface area contributed by atoms with E-state index in [0.717, 1.165) is 78.6 Å². The lowest BCUT2D eigenvalue weighted by Gasteiger charge is -2.31. The average Bonchev–Trinajstić information content (AvgIpc) is 3.94. The van der Waals surface area contributed by atoms with Crippen molar-refractivity contribution in [2.75, 3.05) is 79.2 Å². The van der Waals surface area contributed by atoms with Crippen LogP contribution in [0.3, 0.4) is 0 Å². The first-order valence-electron chi connectivity index (χ1n) is 24.3. The van der Waals surface area contributed by atoms with Gasteiger partial charge in [-0.2, -0.15) is 5.10 Å². The second kappa shape index (κ2) is 26.5. The van der Waals surface area contributed by atoms with Crippen molar-refractivity contribution in [3.8, 4) is 11.1 Å². The zero-order valence-electron chi connectivity index (χ0n) is 41.8. The number of nitrogens with two attached hydrogens (primary N) is 5. The minimum absolute atomic E-state index is 0.0388. The van der Waals surface area contributed by atoms with Gasteiger partial charge in [-0.25, -0.2) is 46.1 Å². The number of nitrogens with one attached hydrogen (secondary N) is 2. The third-order valence-electron chi connectivity index (χ3n) is 13.0. The van der Waals surface area contributed by atoms with Gasteiger partial charge in [0, 0.05) is 94.0 Å². The lowest BCUT2D eigenvalue weighted by atomic mass is 9.90. The maximum absolute atomic E-state index is 11.4. The van der Waals surface area contributed by atoms with Gasteiger partial charge in [-0.1, -0.05) is 18.2 Å². The second-order valence-electron chi connectivity index (χ2n) is 18.3. The molecule has 21 nitrogen and oxygen atoms in total. The number of aromatic nitrogens is 7. The molecule has 12 N–H and O–H groups in total. The van der Waals surface area contributed by atoms with E-state index in [2.05, 4.69) is 40.4 Å². The van der Waals surface area contributed by atoms with Crippen LogP contribution in [0.4, 0.5) is 29.1 Å². The maximum Gasteiger partial charge on any atom is 0.244 e. The number of H-pyrrole nitrogens is 1. The number of amides is 2. The molecule has 10 rings (SSSR count). The zero-order valence-corrected chi connectivity index (χ0v) is 43.4. The third-order valence-corrected chi connectivity index (χ3v) is 16.1. The summed E-state index contributed by atoms with van der Waals surface area (Å²) < 4.78 is 46.8. The van der Waals surface area contributed by atoms with E-state index < -0.39 is 19.9 Å². The largest absolute Gasteiger partial charge is 0.384 e. The predicted octanol–water partition coefficient (Wildman–Crippen LogP) is 4.77. The highest BCUT2D eigenvalue weighted by atomic mass is 32.2. The van der Waals surface area contributed by atoms with Crippen LogP contribution in [0, 0.1) is 0 Å². The molecule has 4 aliphatic heterocycles.